The van der Waals surface area contributed by atoms with Crippen molar-refractivity contribution in [3.8, 4) is 0 Å². The highest BCUT2D eigenvalue weighted by molar-refractivity contribution is 6.31. The van der Waals surface area contributed by atoms with Gasteiger partial charge in [0.2, 0.25) is 0 Å². The van der Waals surface area contributed by atoms with Crippen LogP contribution in [-0.2, 0) is 4.74 Å². The molecule has 1 heterocycles. The first-order valence-corrected chi connectivity index (χ1v) is 6.88. The van der Waals surface area contributed by atoms with Gasteiger partial charge in [-0.25, -0.2) is 0 Å². The van der Waals surface area contributed by atoms with Gasteiger partial charge >= 0.3 is 0 Å². The fourth-order valence-electron chi connectivity index (χ4n) is 3.13. The average Bonchev–Trinajstić information content (AvgIpc) is 3.18. The van der Waals surface area contributed by atoms with Gasteiger partial charge in [-0.15, -0.1) is 11.6 Å². The van der Waals surface area contributed by atoms with Crippen molar-refractivity contribution in [1.82, 2.24) is 0 Å². The molecular weight excluding hydrogens is 255 g/mol. The lowest BCUT2D eigenvalue weighted by Gasteiger charge is -2.26. The molecule has 3 unspecified atom stereocenters. The van der Waals surface area contributed by atoms with Gasteiger partial charge in [0.25, 0.3) is 0 Å². The van der Waals surface area contributed by atoms with Gasteiger partial charge in [-0.05, 0) is 31.4 Å². The van der Waals surface area contributed by atoms with E-state index in [9.17, 15) is 0 Å². The second-order valence-corrected chi connectivity index (χ2v) is 6.39. The van der Waals surface area contributed by atoms with Gasteiger partial charge in [-0.1, -0.05) is 36.7 Å². The second kappa shape index (κ2) is 3.63. The Labute approximate surface area is 112 Å². The minimum absolute atomic E-state index is 0.162. The predicted molar refractivity (Wildman–Crippen MR) is 71.0 cm³/mol. The Kier molecular flexibility index (Phi) is 2.52. The van der Waals surface area contributed by atoms with E-state index in [1.165, 1.54) is 0 Å². The SMILES string of the molecule is CC1OC1(C(C)c1ccccc1Cl)C1(Cl)CC1. The monoisotopic (exact) mass is 270 g/mol. The number of ether oxygens (including phenoxy) is 1. The Morgan fingerprint density at radius 1 is 1.35 bits per heavy atom. The van der Waals surface area contributed by atoms with Crippen molar-refractivity contribution in [1.29, 1.82) is 0 Å². The minimum Gasteiger partial charge on any atom is -0.364 e. The summed E-state index contributed by atoms with van der Waals surface area (Å²) in [5, 5.41) is 0.808. The number of rotatable bonds is 3. The van der Waals surface area contributed by atoms with Gasteiger partial charge in [0, 0.05) is 10.9 Å². The fraction of sp³-hybridized carbons (Fsp3) is 0.571. The molecular formula is C14H16Cl2O. The van der Waals surface area contributed by atoms with Gasteiger partial charge in [0.1, 0.15) is 5.60 Å². The van der Waals surface area contributed by atoms with E-state index in [0.29, 0.717) is 0 Å². The first-order valence-electron chi connectivity index (χ1n) is 6.12. The first-order chi connectivity index (χ1) is 8.01. The Hall–Kier alpha value is -0.240. The summed E-state index contributed by atoms with van der Waals surface area (Å²) in [5.74, 6) is 0.242. The van der Waals surface area contributed by atoms with E-state index < -0.39 is 0 Å². The Morgan fingerprint density at radius 2 is 1.94 bits per heavy atom. The van der Waals surface area contributed by atoms with Gasteiger partial charge in [-0.3, -0.25) is 0 Å². The van der Waals surface area contributed by atoms with Crippen molar-refractivity contribution in [2.45, 2.75) is 49.2 Å². The summed E-state index contributed by atoms with van der Waals surface area (Å²) in [6.07, 6.45) is 2.33. The van der Waals surface area contributed by atoms with Crippen LogP contribution in [0.5, 0.6) is 0 Å². The Bertz CT molecular complexity index is 455. The lowest BCUT2D eigenvalue weighted by molar-refractivity contribution is 0.249. The largest absolute Gasteiger partial charge is 0.364 e. The molecule has 92 valence electrons. The molecule has 1 aliphatic carbocycles. The normalized spacial score (nSPS) is 35.4. The molecule has 0 bridgehead atoms. The zero-order valence-electron chi connectivity index (χ0n) is 10.0. The predicted octanol–water partition coefficient (Wildman–Crippen LogP) is 4.37. The van der Waals surface area contributed by atoms with Crippen LogP contribution in [-0.4, -0.2) is 16.6 Å². The lowest BCUT2D eigenvalue weighted by atomic mass is 9.81. The number of hydrogen-bond acceptors (Lipinski definition) is 1. The Balaban J connectivity index is 1.97. The van der Waals surface area contributed by atoms with E-state index in [0.717, 1.165) is 23.4 Å². The highest BCUT2D eigenvalue weighted by Crippen LogP contribution is 2.66. The molecule has 3 rings (SSSR count). The molecule has 1 aromatic carbocycles. The van der Waals surface area contributed by atoms with Gasteiger partial charge in [0.15, 0.2) is 0 Å². The fourth-order valence-corrected chi connectivity index (χ4v) is 3.88. The van der Waals surface area contributed by atoms with Crippen LogP contribution in [0.1, 0.15) is 38.2 Å². The highest BCUT2D eigenvalue weighted by atomic mass is 35.5. The summed E-state index contributed by atoms with van der Waals surface area (Å²) in [6.45, 7) is 4.28. The van der Waals surface area contributed by atoms with Crippen molar-refractivity contribution in [3.05, 3.63) is 34.9 Å². The summed E-state index contributed by atoms with van der Waals surface area (Å²) >= 11 is 12.9. The maximum atomic E-state index is 6.62. The molecule has 1 aromatic rings. The van der Waals surface area contributed by atoms with E-state index in [1.807, 2.05) is 18.2 Å². The molecule has 0 amide bonds. The number of benzene rings is 1. The zero-order chi connectivity index (χ0) is 12.3. The van der Waals surface area contributed by atoms with Crippen molar-refractivity contribution in [2.24, 2.45) is 0 Å². The van der Waals surface area contributed by atoms with E-state index in [1.54, 1.807) is 0 Å². The van der Waals surface area contributed by atoms with Crippen molar-refractivity contribution in [2.75, 3.05) is 0 Å². The van der Waals surface area contributed by atoms with Gasteiger partial charge in [0.05, 0.1) is 11.0 Å². The zero-order valence-corrected chi connectivity index (χ0v) is 11.6. The third-order valence-corrected chi connectivity index (χ3v) is 5.34. The average molecular weight is 271 g/mol. The molecule has 2 fully saturated rings. The quantitative estimate of drug-likeness (QED) is 0.587. The first kappa shape index (κ1) is 11.8. The highest BCUT2D eigenvalue weighted by Gasteiger charge is 2.73. The standard InChI is InChI=1S/C14H16Cl2O/c1-9(11-5-3-4-6-12(11)15)14(10(2)17-14)13(16)7-8-13/h3-6,9-10H,7-8H2,1-2H3. The molecule has 0 spiro atoms. The van der Waals surface area contributed by atoms with Crippen LogP contribution < -0.4 is 0 Å². The molecule has 0 radical (unpaired) electrons. The molecule has 2 aliphatic rings. The maximum Gasteiger partial charge on any atom is 0.120 e. The van der Waals surface area contributed by atoms with E-state index in [2.05, 4.69) is 19.9 Å². The van der Waals surface area contributed by atoms with Crippen LogP contribution in [0.25, 0.3) is 0 Å². The summed E-state index contributed by atoms with van der Waals surface area (Å²) in [6, 6.07) is 7.98. The molecule has 3 atom stereocenters. The minimum atomic E-state index is -0.209. The van der Waals surface area contributed by atoms with Crippen LogP contribution in [0.4, 0.5) is 0 Å². The smallest absolute Gasteiger partial charge is 0.120 e. The molecule has 17 heavy (non-hydrogen) atoms. The lowest BCUT2D eigenvalue weighted by Crippen LogP contribution is -2.35. The molecule has 0 N–H and O–H groups in total. The third-order valence-electron chi connectivity index (χ3n) is 4.32. The second-order valence-electron chi connectivity index (χ2n) is 5.26. The summed E-state index contributed by atoms with van der Waals surface area (Å²) in [4.78, 5) is -0.162. The number of hydrogen-bond donors (Lipinski definition) is 0. The molecule has 1 saturated carbocycles. The summed E-state index contributed by atoms with van der Waals surface area (Å²) in [7, 11) is 0. The molecule has 3 heteroatoms. The van der Waals surface area contributed by atoms with Gasteiger partial charge < -0.3 is 4.74 Å². The number of alkyl halides is 1. The van der Waals surface area contributed by atoms with Gasteiger partial charge in [-0.2, -0.15) is 0 Å². The van der Waals surface area contributed by atoms with E-state index in [-0.39, 0.29) is 22.5 Å². The van der Waals surface area contributed by atoms with E-state index >= 15 is 0 Å². The molecule has 1 saturated heterocycles. The van der Waals surface area contributed by atoms with Crippen LogP contribution >= 0.6 is 23.2 Å². The molecule has 1 nitrogen and oxygen atoms in total. The van der Waals surface area contributed by atoms with Crippen molar-refractivity contribution in [3.63, 3.8) is 0 Å². The van der Waals surface area contributed by atoms with E-state index in [4.69, 9.17) is 27.9 Å². The van der Waals surface area contributed by atoms with Crippen LogP contribution in [0, 0.1) is 0 Å². The Morgan fingerprint density at radius 3 is 2.41 bits per heavy atom. The van der Waals surface area contributed by atoms with Crippen LogP contribution in [0.2, 0.25) is 5.02 Å². The number of halogens is 2. The van der Waals surface area contributed by atoms with Crippen LogP contribution in [0.15, 0.2) is 24.3 Å². The van der Waals surface area contributed by atoms with Crippen molar-refractivity contribution >= 4 is 23.2 Å². The summed E-state index contributed by atoms with van der Waals surface area (Å²) < 4.78 is 5.91. The third kappa shape index (κ3) is 1.56. The summed E-state index contributed by atoms with van der Waals surface area (Å²) in [5.41, 5.74) is 0.935. The van der Waals surface area contributed by atoms with Crippen molar-refractivity contribution < 1.29 is 4.74 Å². The number of epoxide rings is 1. The molecule has 0 aromatic heterocycles. The molecule has 1 aliphatic heterocycles. The maximum absolute atomic E-state index is 6.62. The van der Waals surface area contributed by atoms with Crippen LogP contribution in [0.3, 0.4) is 0 Å². The topological polar surface area (TPSA) is 12.5 Å².